The van der Waals surface area contributed by atoms with Crippen molar-refractivity contribution < 1.29 is 4.42 Å². The molecule has 2 rings (SSSR count). The van der Waals surface area contributed by atoms with Crippen LogP contribution in [0.5, 0.6) is 0 Å². The van der Waals surface area contributed by atoms with Gasteiger partial charge in [0.1, 0.15) is 5.58 Å². The van der Waals surface area contributed by atoms with E-state index < -0.39 is 0 Å². The Morgan fingerprint density at radius 3 is 3.07 bits per heavy atom. The van der Waals surface area contributed by atoms with Gasteiger partial charge in [0.15, 0.2) is 0 Å². The molecule has 1 aromatic heterocycles. The number of hydrogen-bond acceptors (Lipinski definition) is 2. The molecule has 0 unspecified atom stereocenters. The minimum atomic E-state index is 0.765. The number of fused-ring (bicyclic) bond motifs is 1. The van der Waals surface area contributed by atoms with Crippen LogP contribution in [-0.4, -0.2) is 5.75 Å². The van der Waals surface area contributed by atoms with E-state index in [0.29, 0.717) is 0 Å². The molecule has 0 fully saturated rings. The maximum atomic E-state index is 5.93. The van der Waals surface area contributed by atoms with Crippen molar-refractivity contribution in [3.8, 4) is 0 Å². The molecular weight excluding hydrogens is 216 g/mol. The predicted octanol–water partition coefficient (Wildman–Crippen LogP) is 4.34. The Labute approximate surface area is 92.4 Å². The summed E-state index contributed by atoms with van der Waals surface area (Å²) >= 11 is 7.82. The largest absolute Gasteiger partial charge is 0.464 e. The summed E-state index contributed by atoms with van der Waals surface area (Å²) in [6, 6.07) is 5.73. The van der Waals surface area contributed by atoms with Gasteiger partial charge in [-0.1, -0.05) is 18.5 Å². The molecule has 0 aliphatic carbocycles. The summed E-state index contributed by atoms with van der Waals surface area (Å²) in [7, 11) is 0. The van der Waals surface area contributed by atoms with Gasteiger partial charge in [-0.25, -0.2) is 0 Å². The Balaban J connectivity index is 2.40. The summed E-state index contributed by atoms with van der Waals surface area (Å²) in [5, 5.41) is 1.90. The number of halogens is 1. The van der Waals surface area contributed by atoms with Gasteiger partial charge >= 0.3 is 0 Å². The third-order valence-corrected chi connectivity index (χ3v) is 3.24. The SMILES string of the molecule is CCSCc1coc2ccc(Cl)cc12. The maximum absolute atomic E-state index is 5.93. The Morgan fingerprint density at radius 1 is 1.43 bits per heavy atom. The van der Waals surface area contributed by atoms with Crippen molar-refractivity contribution in [3.05, 3.63) is 35.0 Å². The lowest BCUT2D eigenvalue weighted by Gasteiger charge is -1.96. The molecule has 0 saturated heterocycles. The smallest absolute Gasteiger partial charge is 0.134 e. The molecule has 0 amide bonds. The molecule has 0 spiro atoms. The summed E-state index contributed by atoms with van der Waals surface area (Å²) in [5.74, 6) is 2.11. The Hall–Kier alpha value is -0.600. The molecule has 0 saturated carbocycles. The molecule has 0 aliphatic rings. The molecule has 3 heteroatoms. The van der Waals surface area contributed by atoms with Crippen LogP contribution in [0.3, 0.4) is 0 Å². The molecule has 1 nitrogen and oxygen atoms in total. The lowest BCUT2D eigenvalue weighted by molar-refractivity contribution is 0.612. The maximum Gasteiger partial charge on any atom is 0.134 e. The first kappa shape index (κ1) is 9.94. The van der Waals surface area contributed by atoms with Crippen molar-refractivity contribution in [1.82, 2.24) is 0 Å². The summed E-state index contributed by atoms with van der Waals surface area (Å²) in [6.45, 7) is 2.15. The van der Waals surface area contributed by atoms with Crippen LogP contribution >= 0.6 is 23.4 Å². The fourth-order valence-corrected chi connectivity index (χ4v) is 2.20. The Bertz CT molecular complexity index is 436. The van der Waals surface area contributed by atoms with Crippen LogP contribution in [-0.2, 0) is 5.75 Å². The number of thioether (sulfide) groups is 1. The summed E-state index contributed by atoms with van der Waals surface area (Å²) in [4.78, 5) is 0. The van der Waals surface area contributed by atoms with Crippen molar-refractivity contribution >= 4 is 34.3 Å². The molecule has 0 N–H and O–H groups in total. The van der Waals surface area contributed by atoms with Crippen molar-refractivity contribution in [2.75, 3.05) is 5.75 Å². The highest BCUT2D eigenvalue weighted by molar-refractivity contribution is 7.98. The van der Waals surface area contributed by atoms with Gasteiger partial charge in [0.25, 0.3) is 0 Å². The van der Waals surface area contributed by atoms with Crippen LogP contribution in [0.15, 0.2) is 28.9 Å². The lowest BCUT2D eigenvalue weighted by Crippen LogP contribution is -1.77. The van der Waals surface area contributed by atoms with Crippen molar-refractivity contribution in [1.29, 1.82) is 0 Å². The average molecular weight is 227 g/mol. The summed E-state index contributed by atoms with van der Waals surface area (Å²) < 4.78 is 5.43. The van der Waals surface area contributed by atoms with Crippen LogP contribution in [0.2, 0.25) is 5.02 Å². The van der Waals surface area contributed by atoms with E-state index in [-0.39, 0.29) is 0 Å². The van der Waals surface area contributed by atoms with E-state index in [2.05, 4.69) is 6.92 Å². The highest BCUT2D eigenvalue weighted by atomic mass is 35.5. The third kappa shape index (κ3) is 1.91. The van der Waals surface area contributed by atoms with Gasteiger partial charge in [0, 0.05) is 21.7 Å². The van der Waals surface area contributed by atoms with E-state index in [4.69, 9.17) is 16.0 Å². The molecule has 74 valence electrons. The van der Waals surface area contributed by atoms with Crippen LogP contribution in [0.25, 0.3) is 11.0 Å². The van der Waals surface area contributed by atoms with E-state index in [1.165, 1.54) is 5.56 Å². The molecule has 0 atom stereocenters. The quantitative estimate of drug-likeness (QED) is 0.773. The van der Waals surface area contributed by atoms with Crippen LogP contribution in [0.1, 0.15) is 12.5 Å². The zero-order valence-electron chi connectivity index (χ0n) is 7.92. The molecule has 0 aliphatic heterocycles. The van der Waals surface area contributed by atoms with E-state index in [0.717, 1.165) is 27.5 Å². The number of hydrogen-bond donors (Lipinski definition) is 0. The molecular formula is C11H11ClOS. The predicted molar refractivity (Wildman–Crippen MR) is 63.1 cm³/mol. The second kappa shape index (κ2) is 4.28. The summed E-state index contributed by atoms with van der Waals surface area (Å²) in [6.07, 6.45) is 1.82. The number of furan rings is 1. The highest BCUT2D eigenvalue weighted by Gasteiger charge is 2.05. The molecule has 1 aromatic carbocycles. The first-order valence-electron chi connectivity index (χ1n) is 4.54. The molecule has 14 heavy (non-hydrogen) atoms. The van der Waals surface area contributed by atoms with E-state index in [9.17, 15) is 0 Å². The standard InChI is InChI=1S/C11H11ClOS/c1-2-14-7-8-6-13-11-4-3-9(12)5-10(8)11/h3-6H,2,7H2,1H3. The van der Waals surface area contributed by atoms with Crippen molar-refractivity contribution in [2.45, 2.75) is 12.7 Å². The number of benzene rings is 1. The Morgan fingerprint density at radius 2 is 2.29 bits per heavy atom. The first-order valence-corrected chi connectivity index (χ1v) is 6.08. The zero-order chi connectivity index (χ0) is 9.97. The summed E-state index contributed by atoms with van der Waals surface area (Å²) in [5.41, 5.74) is 2.15. The molecule has 1 heterocycles. The van der Waals surface area contributed by atoms with Gasteiger partial charge in [-0.15, -0.1) is 0 Å². The van der Waals surface area contributed by atoms with E-state index in [1.54, 1.807) is 0 Å². The minimum Gasteiger partial charge on any atom is -0.464 e. The van der Waals surface area contributed by atoms with Crippen LogP contribution in [0.4, 0.5) is 0 Å². The monoisotopic (exact) mass is 226 g/mol. The minimum absolute atomic E-state index is 0.765. The van der Waals surface area contributed by atoms with Gasteiger partial charge in [-0.3, -0.25) is 0 Å². The highest BCUT2D eigenvalue weighted by Crippen LogP contribution is 2.27. The fraction of sp³-hybridized carbons (Fsp3) is 0.273. The van der Waals surface area contributed by atoms with E-state index >= 15 is 0 Å². The second-order valence-electron chi connectivity index (χ2n) is 3.04. The van der Waals surface area contributed by atoms with Crippen LogP contribution in [0, 0.1) is 0 Å². The zero-order valence-corrected chi connectivity index (χ0v) is 9.49. The molecule has 2 aromatic rings. The van der Waals surface area contributed by atoms with E-state index in [1.807, 2.05) is 36.2 Å². The number of rotatable bonds is 3. The third-order valence-electron chi connectivity index (χ3n) is 2.08. The average Bonchev–Trinajstić information content (AvgIpc) is 2.57. The first-order chi connectivity index (χ1) is 6.81. The molecule has 0 bridgehead atoms. The van der Waals surface area contributed by atoms with Gasteiger partial charge in [0.2, 0.25) is 0 Å². The lowest BCUT2D eigenvalue weighted by atomic mass is 10.2. The fourth-order valence-electron chi connectivity index (χ4n) is 1.38. The second-order valence-corrected chi connectivity index (χ2v) is 4.75. The Kier molecular flexibility index (Phi) is 3.04. The van der Waals surface area contributed by atoms with Gasteiger partial charge in [-0.2, -0.15) is 11.8 Å². The van der Waals surface area contributed by atoms with Gasteiger partial charge < -0.3 is 4.42 Å². The van der Waals surface area contributed by atoms with Gasteiger partial charge in [0.05, 0.1) is 6.26 Å². The molecule has 0 radical (unpaired) electrons. The van der Waals surface area contributed by atoms with Crippen LogP contribution < -0.4 is 0 Å². The van der Waals surface area contributed by atoms with Crippen molar-refractivity contribution in [3.63, 3.8) is 0 Å². The van der Waals surface area contributed by atoms with Crippen molar-refractivity contribution in [2.24, 2.45) is 0 Å². The van der Waals surface area contributed by atoms with Gasteiger partial charge in [-0.05, 0) is 24.0 Å². The normalized spacial score (nSPS) is 11.0. The topological polar surface area (TPSA) is 13.1 Å².